The SMILES string of the molecule is Cc1ccc(F)c(C=CCS)n1. The highest BCUT2D eigenvalue weighted by Gasteiger charge is 1.98. The molecule has 0 fully saturated rings. The van der Waals surface area contributed by atoms with E-state index in [0.717, 1.165) is 5.69 Å². The third-order valence-corrected chi connectivity index (χ3v) is 1.60. The van der Waals surface area contributed by atoms with Crippen LogP contribution in [0.5, 0.6) is 0 Å². The van der Waals surface area contributed by atoms with Crippen molar-refractivity contribution in [2.75, 3.05) is 5.75 Å². The molecule has 0 aromatic carbocycles. The fraction of sp³-hybridized carbons (Fsp3) is 0.222. The van der Waals surface area contributed by atoms with Crippen LogP contribution in [0.25, 0.3) is 6.08 Å². The second kappa shape index (κ2) is 4.26. The summed E-state index contributed by atoms with van der Waals surface area (Å²) in [4.78, 5) is 4.01. The van der Waals surface area contributed by atoms with E-state index in [1.807, 2.05) is 6.92 Å². The molecule has 1 nitrogen and oxygen atoms in total. The summed E-state index contributed by atoms with van der Waals surface area (Å²) in [6.45, 7) is 1.83. The Labute approximate surface area is 76.7 Å². The van der Waals surface area contributed by atoms with Gasteiger partial charge in [0.25, 0.3) is 0 Å². The van der Waals surface area contributed by atoms with Gasteiger partial charge in [-0.1, -0.05) is 6.08 Å². The minimum absolute atomic E-state index is 0.293. The lowest BCUT2D eigenvalue weighted by Crippen LogP contribution is -1.89. The average molecular weight is 183 g/mol. The van der Waals surface area contributed by atoms with Crippen molar-refractivity contribution in [1.82, 2.24) is 4.98 Å². The van der Waals surface area contributed by atoms with E-state index in [9.17, 15) is 4.39 Å². The molecule has 0 spiro atoms. The zero-order valence-corrected chi connectivity index (χ0v) is 7.68. The van der Waals surface area contributed by atoms with Gasteiger partial charge in [0.05, 0.1) is 5.69 Å². The van der Waals surface area contributed by atoms with Gasteiger partial charge in [0, 0.05) is 11.4 Å². The lowest BCUT2D eigenvalue weighted by atomic mass is 10.3. The quantitative estimate of drug-likeness (QED) is 0.695. The molecule has 0 N–H and O–H groups in total. The third-order valence-electron chi connectivity index (χ3n) is 1.39. The first-order valence-electron chi connectivity index (χ1n) is 3.64. The third kappa shape index (κ3) is 2.34. The van der Waals surface area contributed by atoms with E-state index >= 15 is 0 Å². The summed E-state index contributed by atoms with van der Waals surface area (Å²) < 4.78 is 13.0. The van der Waals surface area contributed by atoms with Crippen LogP contribution in [0.1, 0.15) is 11.4 Å². The van der Waals surface area contributed by atoms with Crippen LogP contribution in [-0.4, -0.2) is 10.7 Å². The van der Waals surface area contributed by atoms with Gasteiger partial charge in [-0.2, -0.15) is 12.6 Å². The molecule has 0 aliphatic rings. The van der Waals surface area contributed by atoms with Gasteiger partial charge in [-0.05, 0) is 25.1 Å². The molecular formula is C9H10FNS. The minimum Gasteiger partial charge on any atom is -0.251 e. The van der Waals surface area contributed by atoms with E-state index < -0.39 is 0 Å². The summed E-state index contributed by atoms with van der Waals surface area (Å²) in [5.74, 6) is 0.299. The molecule has 0 aliphatic carbocycles. The monoisotopic (exact) mass is 183 g/mol. The molecule has 0 saturated carbocycles. The van der Waals surface area contributed by atoms with Gasteiger partial charge in [0.2, 0.25) is 0 Å². The van der Waals surface area contributed by atoms with Crippen LogP contribution in [0.3, 0.4) is 0 Å². The number of pyridine rings is 1. The van der Waals surface area contributed by atoms with Crippen molar-refractivity contribution in [3.63, 3.8) is 0 Å². The standard InChI is InChI=1S/C9H10FNS/c1-7-4-5-8(10)9(11-7)3-2-6-12/h2-5,12H,6H2,1H3. The average Bonchev–Trinajstić information content (AvgIpc) is 2.07. The normalized spacial score (nSPS) is 10.9. The van der Waals surface area contributed by atoms with E-state index in [4.69, 9.17) is 0 Å². The van der Waals surface area contributed by atoms with Crippen molar-refractivity contribution in [3.8, 4) is 0 Å². The molecule has 0 atom stereocenters. The van der Waals surface area contributed by atoms with Crippen molar-refractivity contribution < 1.29 is 4.39 Å². The molecule has 0 unspecified atom stereocenters. The van der Waals surface area contributed by atoms with E-state index in [-0.39, 0.29) is 5.82 Å². The first-order valence-corrected chi connectivity index (χ1v) is 4.28. The number of thiol groups is 1. The van der Waals surface area contributed by atoms with Gasteiger partial charge in [0.1, 0.15) is 5.82 Å². The number of halogens is 1. The van der Waals surface area contributed by atoms with Crippen LogP contribution in [0.15, 0.2) is 18.2 Å². The minimum atomic E-state index is -0.293. The van der Waals surface area contributed by atoms with E-state index in [1.165, 1.54) is 6.07 Å². The van der Waals surface area contributed by atoms with Gasteiger partial charge in [-0.3, -0.25) is 4.98 Å². The first kappa shape index (κ1) is 9.26. The Hall–Kier alpha value is -0.830. The number of hydrogen-bond donors (Lipinski definition) is 1. The maximum absolute atomic E-state index is 13.0. The second-order valence-electron chi connectivity index (χ2n) is 2.40. The molecule has 1 aromatic heterocycles. The second-order valence-corrected chi connectivity index (χ2v) is 2.77. The molecule has 0 saturated heterocycles. The smallest absolute Gasteiger partial charge is 0.148 e. The number of rotatable bonds is 2. The molecule has 3 heteroatoms. The predicted molar refractivity (Wildman–Crippen MR) is 51.8 cm³/mol. The molecule has 64 valence electrons. The Morgan fingerprint density at radius 3 is 3.00 bits per heavy atom. The van der Waals surface area contributed by atoms with Gasteiger partial charge < -0.3 is 0 Å². The van der Waals surface area contributed by atoms with Crippen LogP contribution < -0.4 is 0 Å². The lowest BCUT2D eigenvalue weighted by molar-refractivity contribution is 0.616. The Morgan fingerprint density at radius 2 is 2.33 bits per heavy atom. The summed E-state index contributed by atoms with van der Waals surface area (Å²) >= 11 is 3.97. The molecule has 0 bridgehead atoms. The molecule has 1 aromatic rings. The van der Waals surface area contributed by atoms with Gasteiger partial charge in [-0.25, -0.2) is 4.39 Å². The summed E-state index contributed by atoms with van der Waals surface area (Å²) in [7, 11) is 0. The van der Waals surface area contributed by atoms with Crippen LogP contribution in [0.2, 0.25) is 0 Å². The fourth-order valence-corrected chi connectivity index (χ4v) is 0.946. The van der Waals surface area contributed by atoms with Crippen molar-refractivity contribution in [2.24, 2.45) is 0 Å². The topological polar surface area (TPSA) is 12.9 Å². The van der Waals surface area contributed by atoms with Gasteiger partial charge in [0.15, 0.2) is 0 Å². The number of aryl methyl sites for hydroxylation is 1. The van der Waals surface area contributed by atoms with Crippen molar-refractivity contribution in [1.29, 1.82) is 0 Å². The van der Waals surface area contributed by atoms with Crippen molar-refractivity contribution >= 4 is 18.7 Å². The Bertz CT molecular complexity index is 297. The molecule has 0 radical (unpaired) electrons. The summed E-state index contributed by atoms with van der Waals surface area (Å²) in [6, 6.07) is 3.06. The van der Waals surface area contributed by atoms with Crippen LogP contribution >= 0.6 is 12.6 Å². The van der Waals surface area contributed by atoms with Crippen molar-refractivity contribution in [3.05, 3.63) is 35.4 Å². The molecule has 12 heavy (non-hydrogen) atoms. The Kier molecular flexibility index (Phi) is 3.29. The highest BCUT2D eigenvalue weighted by atomic mass is 32.1. The Morgan fingerprint density at radius 1 is 1.58 bits per heavy atom. The maximum Gasteiger partial charge on any atom is 0.148 e. The number of nitrogens with zero attached hydrogens (tertiary/aromatic N) is 1. The maximum atomic E-state index is 13.0. The van der Waals surface area contributed by atoms with E-state index in [1.54, 1.807) is 18.2 Å². The van der Waals surface area contributed by atoms with Crippen LogP contribution in [-0.2, 0) is 0 Å². The summed E-state index contributed by atoms with van der Waals surface area (Å²) in [6.07, 6.45) is 3.39. The van der Waals surface area contributed by atoms with Crippen LogP contribution in [0, 0.1) is 12.7 Å². The molecule has 0 aliphatic heterocycles. The highest BCUT2D eigenvalue weighted by molar-refractivity contribution is 7.80. The predicted octanol–water partition coefficient (Wildman–Crippen LogP) is 2.47. The van der Waals surface area contributed by atoms with Crippen molar-refractivity contribution in [2.45, 2.75) is 6.92 Å². The zero-order valence-electron chi connectivity index (χ0n) is 6.79. The molecule has 1 heterocycles. The number of hydrogen-bond acceptors (Lipinski definition) is 2. The highest BCUT2D eigenvalue weighted by Crippen LogP contribution is 2.07. The number of aromatic nitrogens is 1. The van der Waals surface area contributed by atoms with Gasteiger partial charge >= 0.3 is 0 Å². The van der Waals surface area contributed by atoms with Gasteiger partial charge in [-0.15, -0.1) is 0 Å². The Balaban J connectivity index is 2.97. The summed E-state index contributed by atoms with van der Waals surface area (Å²) in [5, 5.41) is 0. The summed E-state index contributed by atoms with van der Waals surface area (Å²) in [5.41, 5.74) is 1.19. The van der Waals surface area contributed by atoms with Crippen LogP contribution in [0.4, 0.5) is 4.39 Å². The molecule has 1 rings (SSSR count). The fourth-order valence-electron chi connectivity index (χ4n) is 0.841. The zero-order chi connectivity index (χ0) is 8.97. The lowest BCUT2D eigenvalue weighted by Gasteiger charge is -1.96. The first-order chi connectivity index (χ1) is 5.74. The van der Waals surface area contributed by atoms with E-state index in [0.29, 0.717) is 11.4 Å². The molecular weight excluding hydrogens is 173 g/mol. The largest absolute Gasteiger partial charge is 0.251 e. The van der Waals surface area contributed by atoms with E-state index in [2.05, 4.69) is 17.6 Å². The molecule has 0 amide bonds.